The summed E-state index contributed by atoms with van der Waals surface area (Å²) >= 11 is 0. The SMILES string of the molecule is CC(C)CC(O)CC1=NS(=O)(=O)c2ccccc21. The molecule has 0 saturated carbocycles. The molecule has 1 aromatic carbocycles. The number of hydrogen-bond acceptors (Lipinski definition) is 3. The Morgan fingerprint density at radius 2 is 1.94 bits per heavy atom. The monoisotopic (exact) mass is 267 g/mol. The van der Waals surface area contributed by atoms with Gasteiger partial charge in [-0.25, -0.2) is 0 Å². The lowest BCUT2D eigenvalue weighted by atomic mass is 9.98. The van der Waals surface area contributed by atoms with E-state index in [1.165, 1.54) is 0 Å². The standard InChI is InChI=1S/C13H17NO3S/c1-9(2)7-10(15)8-12-11-5-3-4-6-13(11)18(16,17)14-12/h3-6,9-10,15H,7-8H2,1-2H3. The Morgan fingerprint density at radius 1 is 1.28 bits per heavy atom. The summed E-state index contributed by atoms with van der Waals surface area (Å²) in [6.07, 6.45) is 0.375. The molecule has 1 heterocycles. The maximum atomic E-state index is 11.8. The van der Waals surface area contributed by atoms with Gasteiger partial charge in [0.2, 0.25) is 0 Å². The largest absolute Gasteiger partial charge is 0.393 e. The van der Waals surface area contributed by atoms with E-state index in [0.29, 0.717) is 23.6 Å². The minimum atomic E-state index is -3.55. The molecule has 0 aromatic heterocycles. The van der Waals surface area contributed by atoms with Gasteiger partial charge in [0.15, 0.2) is 0 Å². The summed E-state index contributed by atoms with van der Waals surface area (Å²) in [7, 11) is -3.55. The van der Waals surface area contributed by atoms with Crippen LogP contribution < -0.4 is 0 Å². The minimum Gasteiger partial charge on any atom is -0.393 e. The van der Waals surface area contributed by atoms with Crippen LogP contribution in [0.15, 0.2) is 33.6 Å². The summed E-state index contributed by atoms with van der Waals surface area (Å²) in [5.74, 6) is 0.369. The maximum Gasteiger partial charge on any atom is 0.283 e. The van der Waals surface area contributed by atoms with Crippen LogP contribution in [-0.2, 0) is 10.0 Å². The van der Waals surface area contributed by atoms with Gasteiger partial charge in [0.1, 0.15) is 0 Å². The lowest BCUT2D eigenvalue weighted by Crippen LogP contribution is -2.15. The van der Waals surface area contributed by atoms with Crippen LogP contribution in [0.5, 0.6) is 0 Å². The van der Waals surface area contributed by atoms with E-state index in [1.54, 1.807) is 24.3 Å². The van der Waals surface area contributed by atoms with E-state index < -0.39 is 16.1 Å². The first-order valence-corrected chi connectivity index (χ1v) is 7.45. The highest BCUT2D eigenvalue weighted by Gasteiger charge is 2.29. The van der Waals surface area contributed by atoms with Gasteiger partial charge in [0.05, 0.1) is 16.7 Å². The van der Waals surface area contributed by atoms with E-state index in [0.717, 1.165) is 0 Å². The number of aliphatic hydroxyl groups is 1. The summed E-state index contributed by atoms with van der Waals surface area (Å²) in [4.78, 5) is 0.247. The second-order valence-electron chi connectivity index (χ2n) is 5.00. The number of rotatable bonds is 4. The van der Waals surface area contributed by atoms with E-state index >= 15 is 0 Å². The van der Waals surface area contributed by atoms with Gasteiger partial charge in [0.25, 0.3) is 10.0 Å². The van der Waals surface area contributed by atoms with Crippen LogP contribution >= 0.6 is 0 Å². The van der Waals surface area contributed by atoms with Crippen LogP contribution in [0, 0.1) is 5.92 Å². The zero-order valence-electron chi connectivity index (χ0n) is 10.5. The predicted molar refractivity (Wildman–Crippen MR) is 70.2 cm³/mol. The fourth-order valence-corrected chi connectivity index (χ4v) is 3.45. The van der Waals surface area contributed by atoms with E-state index in [4.69, 9.17) is 0 Å². The smallest absolute Gasteiger partial charge is 0.283 e. The van der Waals surface area contributed by atoms with Gasteiger partial charge in [0, 0.05) is 12.0 Å². The molecule has 18 heavy (non-hydrogen) atoms. The molecule has 0 fully saturated rings. The molecule has 0 aliphatic carbocycles. The van der Waals surface area contributed by atoms with Crippen molar-refractivity contribution in [1.29, 1.82) is 0 Å². The average Bonchev–Trinajstić information content (AvgIpc) is 2.50. The number of nitrogens with zero attached hydrogens (tertiary/aromatic N) is 1. The highest BCUT2D eigenvalue weighted by molar-refractivity contribution is 7.90. The van der Waals surface area contributed by atoms with Gasteiger partial charge in [-0.2, -0.15) is 12.8 Å². The van der Waals surface area contributed by atoms with Crippen molar-refractivity contribution in [2.24, 2.45) is 10.3 Å². The Kier molecular flexibility index (Phi) is 3.54. The number of sulfonamides is 1. The first-order valence-electron chi connectivity index (χ1n) is 6.01. The van der Waals surface area contributed by atoms with Crippen LogP contribution in [0.1, 0.15) is 32.3 Å². The van der Waals surface area contributed by atoms with Crippen LogP contribution in [0.2, 0.25) is 0 Å². The summed E-state index contributed by atoms with van der Waals surface area (Å²) in [6.45, 7) is 4.04. The van der Waals surface area contributed by atoms with Crippen molar-refractivity contribution in [1.82, 2.24) is 0 Å². The molecule has 4 nitrogen and oxygen atoms in total. The first-order chi connectivity index (χ1) is 8.40. The van der Waals surface area contributed by atoms with E-state index in [2.05, 4.69) is 4.40 Å². The van der Waals surface area contributed by atoms with Gasteiger partial charge < -0.3 is 5.11 Å². The van der Waals surface area contributed by atoms with Gasteiger partial charge in [-0.1, -0.05) is 32.0 Å². The third-order valence-electron chi connectivity index (χ3n) is 2.88. The van der Waals surface area contributed by atoms with E-state index in [9.17, 15) is 13.5 Å². The molecule has 1 aliphatic heterocycles. The summed E-state index contributed by atoms with van der Waals surface area (Å²) in [6, 6.07) is 6.75. The fraction of sp³-hybridized carbons (Fsp3) is 0.462. The lowest BCUT2D eigenvalue weighted by molar-refractivity contribution is 0.156. The molecule has 1 aromatic rings. The first kappa shape index (κ1) is 13.2. The second kappa shape index (κ2) is 4.82. The van der Waals surface area contributed by atoms with Crippen LogP contribution in [0.3, 0.4) is 0 Å². The van der Waals surface area contributed by atoms with Gasteiger partial charge >= 0.3 is 0 Å². The molecule has 0 saturated heterocycles. The Morgan fingerprint density at radius 3 is 2.61 bits per heavy atom. The maximum absolute atomic E-state index is 11.8. The minimum absolute atomic E-state index is 0.247. The van der Waals surface area contributed by atoms with Gasteiger partial charge in [-0.05, 0) is 18.4 Å². The molecule has 1 N–H and O–H groups in total. The molecule has 0 amide bonds. The fourth-order valence-electron chi connectivity index (χ4n) is 2.17. The Balaban J connectivity index is 2.26. The van der Waals surface area contributed by atoms with Crippen molar-refractivity contribution >= 4 is 15.7 Å². The van der Waals surface area contributed by atoms with Crippen molar-refractivity contribution in [3.05, 3.63) is 29.8 Å². The Hall–Kier alpha value is -1.20. The lowest BCUT2D eigenvalue weighted by Gasteiger charge is -2.12. The number of fused-ring (bicyclic) bond motifs is 1. The third-order valence-corrected chi connectivity index (χ3v) is 4.25. The molecule has 1 atom stereocenters. The van der Waals surface area contributed by atoms with Gasteiger partial charge in [-0.3, -0.25) is 0 Å². The topological polar surface area (TPSA) is 66.7 Å². The molecular weight excluding hydrogens is 250 g/mol. The second-order valence-corrected chi connectivity index (χ2v) is 6.57. The van der Waals surface area contributed by atoms with Crippen LogP contribution in [0.25, 0.3) is 0 Å². The summed E-state index contributed by atoms with van der Waals surface area (Å²) in [5, 5.41) is 9.90. The van der Waals surface area contributed by atoms with Crippen LogP contribution in [0.4, 0.5) is 0 Å². The van der Waals surface area contributed by atoms with Gasteiger partial charge in [-0.15, -0.1) is 0 Å². The molecule has 1 aliphatic rings. The number of benzene rings is 1. The molecule has 2 rings (SSSR count). The molecule has 0 spiro atoms. The van der Waals surface area contributed by atoms with E-state index in [-0.39, 0.29) is 11.3 Å². The summed E-state index contributed by atoms with van der Waals surface area (Å²) in [5.41, 5.74) is 1.10. The van der Waals surface area contributed by atoms with E-state index in [1.807, 2.05) is 13.8 Å². The van der Waals surface area contributed by atoms with Crippen molar-refractivity contribution < 1.29 is 13.5 Å². The quantitative estimate of drug-likeness (QED) is 0.907. The Bertz CT molecular complexity index is 576. The third kappa shape index (κ3) is 2.62. The predicted octanol–water partition coefficient (Wildman–Crippen LogP) is 1.98. The molecular formula is C13H17NO3S. The molecule has 0 radical (unpaired) electrons. The van der Waals surface area contributed by atoms with Crippen LogP contribution in [-0.4, -0.2) is 25.3 Å². The molecule has 5 heteroatoms. The number of aliphatic hydroxyl groups excluding tert-OH is 1. The molecule has 1 unspecified atom stereocenters. The molecule has 98 valence electrons. The number of hydrogen-bond donors (Lipinski definition) is 1. The highest BCUT2D eigenvalue weighted by atomic mass is 32.2. The van der Waals surface area contributed by atoms with Crippen molar-refractivity contribution in [3.8, 4) is 0 Å². The van der Waals surface area contributed by atoms with Crippen molar-refractivity contribution in [2.45, 2.75) is 37.7 Å². The average molecular weight is 267 g/mol. The molecule has 0 bridgehead atoms. The Labute approximate surface area is 107 Å². The van der Waals surface area contributed by atoms with Crippen molar-refractivity contribution in [2.75, 3.05) is 0 Å². The highest BCUT2D eigenvalue weighted by Crippen LogP contribution is 2.28. The zero-order chi connectivity index (χ0) is 13.3. The zero-order valence-corrected chi connectivity index (χ0v) is 11.3. The van der Waals surface area contributed by atoms with Crippen molar-refractivity contribution in [3.63, 3.8) is 0 Å². The normalized spacial score (nSPS) is 18.6. The summed E-state index contributed by atoms with van der Waals surface area (Å²) < 4.78 is 27.4.